The lowest BCUT2D eigenvalue weighted by Gasteiger charge is -2.08. The van der Waals surface area contributed by atoms with Crippen LogP contribution in [0, 0.1) is 5.82 Å². The number of sulfone groups is 1. The second-order valence-corrected chi connectivity index (χ2v) is 8.18. The van der Waals surface area contributed by atoms with Crippen molar-refractivity contribution in [2.24, 2.45) is 0 Å². The van der Waals surface area contributed by atoms with E-state index in [1.165, 1.54) is 18.4 Å². The van der Waals surface area contributed by atoms with Crippen LogP contribution in [0.15, 0.2) is 82.3 Å². The molecule has 0 N–H and O–H groups in total. The van der Waals surface area contributed by atoms with Crippen LogP contribution in [-0.2, 0) is 9.84 Å². The Morgan fingerprint density at radius 1 is 0.808 bits per heavy atom. The number of rotatable bonds is 3. The summed E-state index contributed by atoms with van der Waals surface area (Å²) in [5, 5.41) is 0.925. The maximum absolute atomic E-state index is 13.3. The van der Waals surface area contributed by atoms with E-state index in [4.69, 9.17) is 4.42 Å². The molecule has 4 rings (SSSR count). The number of fused-ring (bicyclic) bond motifs is 1. The first-order valence-corrected chi connectivity index (χ1v) is 9.89. The zero-order chi connectivity index (χ0) is 18.3. The van der Waals surface area contributed by atoms with E-state index in [-0.39, 0.29) is 10.7 Å². The number of furan rings is 1. The molecule has 0 radical (unpaired) electrons. The highest BCUT2D eigenvalue weighted by Gasteiger charge is 2.12. The molecule has 3 aromatic carbocycles. The lowest BCUT2D eigenvalue weighted by molar-refractivity contribution is 0.602. The van der Waals surface area contributed by atoms with Crippen LogP contribution in [0.2, 0.25) is 0 Å². The van der Waals surface area contributed by atoms with Crippen LogP contribution in [0.25, 0.3) is 33.2 Å². The van der Waals surface area contributed by atoms with Crippen LogP contribution in [0.5, 0.6) is 0 Å². The first-order chi connectivity index (χ1) is 12.4. The van der Waals surface area contributed by atoms with Gasteiger partial charge in [-0.3, -0.25) is 0 Å². The molecule has 0 atom stereocenters. The molecule has 1 aromatic heterocycles. The molecule has 0 aliphatic rings. The van der Waals surface area contributed by atoms with Crippen LogP contribution < -0.4 is 0 Å². The maximum atomic E-state index is 13.3. The van der Waals surface area contributed by atoms with Crippen molar-refractivity contribution >= 4 is 20.8 Å². The van der Waals surface area contributed by atoms with Crippen LogP contribution in [-0.4, -0.2) is 14.7 Å². The summed E-state index contributed by atoms with van der Waals surface area (Å²) in [6.07, 6.45) is 2.81. The summed E-state index contributed by atoms with van der Waals surface area (Å²) in [6, 6.07) is 18.8. The third kappa shape index (κ3) is 3.02. The Kier molecular flexibility index (Phi) is 3.89. The van der Waals surface area contributed by atoms with Crippen molar-refractivity contribution in [1.29, 1.82) is 0 Å². The Labute approximate surface area is 150 Å². The van der Waals surface area contributed by atoms with Gasteiger partial charge in [-0.05, 0) is 59.2 Å². The first kappa shape index (κ1) is 16.5. The fourth-order valence-corrected chi connectivity index (χ4v) is 3.62. The van der Waals surface area contributed by atoms with E-state index in [0.717, 1.165) is 33.2 Å². The smallest absolute Gasteiger partial charge is 0.175 e. The average molecular weight is 366 g/mol. The fourth-order valence-electron chi connectivity index (χ4n) is 2.99. The third-order valence-electron chi connectivity index (χ3n) is 4.32. The molecule has 0 unspecified atom stereocenters. The van der Waals surface area contributed by atoms with E-state index in [2.05, 4.69) is 0 Å². The minimum Gasteiger partial charge on any atom is -0.464 e. The number of hydrogen-bond donors (Lipinski definition) is 0. The molecule has 4 aromatic rings. The molecular formula is C21H15FO3S. The summed E-state index contributed by atoms with van der Waals surface area (Å²) in [4.78, 5) is 0.282. The second kappa shape index (κ2) is 6.11. The average Bonchev–Trinajstić information content (AvgIpc) is 3.10. The zero-order valence-electron chi connectivity index (χ0n) is 13.9. The molecule has 0 aliphatic carbocycles. The SMILES string of the molecule is CS(=O)(=O)c1ccc(-c2cc(-c3ccc(F)cc3)c3occc3c2)cc1. The van der Waals surface area contributed by atoms with Crippen molar-refractivity contribution in [2.45, 2.75) is 4.90 Å². The quantitative estimate of drug-likeness (QED) is 0.494. The molecule has 0 spiro atoms. The summed E-state index contributed by atoms with van der Waals surface area (Å²) >= 11 is 0. The summed E-state index contributed by atoms with van der Waals surface area (Å²) in [7, 11) is -3.23. The normalized spacial score (nSPS) is 11.8. The van der Waals surface area contributed by atoms with Crippen LogP contribution in [0.1, 0.15) is 0 Å². The number of halogens is 1. The molecule has 1 heterocycles. The standard InChI is InChI=1S/C21H15FO3S/c1-26(23,24)19-8-4-14(5-9-19)17-12-16-10-11-25-21(16)20(13-17)15-2-6-18(22)7-3-15/h2-13H,1H3. The predicted octanol–water partition coefficient (Wildman–Crippen LogP) is 5.31. The van der Waals surface area contributed by atoms with Gasteiger partial charge in [-0.25, -0.2) is 12.8 Å². The molecule has 0 saturated carbocycles. The van der Waals surface area contributed by atoms with E-state index >= 15 is 0 Å². The van der Waals surface area contributed by atoms with E-state index in [9.17, 15) is 12.8 Å². The van der Waals surface area contributed by atoms with Crippen molar-refractivity contribution in [1.82, 2.24) is 0 Å². The lowest BCUT2D eigenvalue weighted by Crippen LogP contribution is -1.96. The molecule has 130 valence electrons. The zero-order valence-corrected chi connectivity index (χ0v) is 14.8. The first-order valence-electron chi connectivity index (χ1n) is 7.99. The third-order valence-corrected chi connectivity index (χ3v) is 5.45. The summed E-state index contributed by atoms with van der Waals surface area (Å²) in [6.45, 7) is 0. The molecule has 0 saturated heterocycles. The van der Waals surface area contributed by atoms with Gasteiger partial charge in [-0.1, -0.05) is 24.3 Å². The van der Waals surface area contributed by atoms with Gasteiger partial charge in [0.1, 0.15) is 11.4 Å². The Hall–Kier alpha value is -2.92. The van der Waals surface area contributed by atoms with Gasteiger partial charge in [-0.15, -0.1) is 0 Å². The Morgan fingerprint density at radius 3 is 2.12 bits per heavy atom. The summed E-state index contributed by atoms with van der Waals surface area (Å²) in [5.74, 6) is -0.294. The van der Waals surface area contributed by atoms with E-state index in [1.807, 2.05) is 18.2 Å². The van der Waals surface area contributed by atoms with Gasteiger partial charge in [-0.2, -0.15) is 0 Å². The van der Waals surface area contributed by atoms with Crippen LogP contribution in [0.4, 0.5) is 4.39 Å². The molecule has 0 fully saturated rings. The maximum Gasteiger partial charge on any atom is 0.175 e. The topological polar surface area (TPSA) is 47.3 Å². The van der Waals surface area contributed by atoms with Gasteiger partial charge in [0.2, 0.25) is 0 Å². The molecule has 0 aliphatic heterocycles. The van der Waals surface area contributed by atoms with Gasteiger partial charge >= 0.3 is 0 Å². The van der Waals surface area contributed by atoms with Gasteiger partial charge in [0.05, 0.1) is 11.2 Å². The Bertz CT molecular complexity index is 1190. The highest BCUT2D eigenvalue weighted by molar-refractivity contribution is 7.90. The van der Waals surface area contributed by atoms with Gasteiger partial charge < -0.3 is 4.42 Å². The molecular weight excluding hydrogens is 351 g/mol. The number of hydrogen-bond acceptors (Lipinski definition) is 3. The Morgan fingerprint density at radius 2 is 1.46 bits per heavy atom. The van der Waals surface area contributed by atoms with Crippen LogP contribution >= 0.6 is 0 Å². The number of benzene rings is 3. The van der Waals surface area contributed by atoms with Crippen molar-refractivity contribution in [2.75, 3.05) is 6.26 Å². The molecule has 26 heavy (non-hydrogen) atoms. The Balaban J connectivity index is 1.87. The molecule has 3 nitrogen and oxygen atoms in total. The van der Waals surface area contributed by atoms with Crippen LogP contribution in [0.3, 0.4) is 0 Å². The fraction of sp³-hybridized carbons (Fsp3) is 0.0476. The highest BCUT2D eigenvalue weighted by atomic mass is 32.2. The largest absolute Gasteiger partial charge is 0.464 e. The monoisotopic (exact) mass is 366 g/mol. The summed E-state index contributed by atoms with van der Waals surface area (Å²) in [5.41, 5.74) is 4.26. The van der Waals surface area contributed by atoms with Crippen molar-refractivity contribution in [3.63, 3.8) is 0 Å². The highest BCUT2D eigenvalue weighted by Crippen LogP contribution is 2.35. The van der Waals surface area contributed by atoms with Crippen molar-refractivity contribution in [3.05, 3.63) is 78.8 Å². The molecule has 5 heteroatoms. The lowest BCUT2D eigenvalue weighted by atomic mass is 9.97. The minimum atomic E-state index is -3.23. The van der Waals surface area contributed by atoms with E-state index in [1.54, 1.807) is 42.7 Å². The molecule has 0 bridgehead atoms. The van der Waals surface area contributed by atoms with Gasteiger partial charge in [0.15, 0.2) is 9.84 Å². The van der Waals surface area contributed by atoms with E-state index in [0.29, 0.717) is 0 Å². The predicted molar refractivity (Wildman–Crippen MR) is 100 cm³/mol. The van der Waals surface area contributed by atoms with E-state index < -0.39 is 9.84 Å². The van der Waals surface area contributed by atoms with Crippen molar-refractivity contribution in [3.8, 4) is 22.3 Å². The molecule has 0 amide bonds. The van der Waals surface area contributed by atoms with Gasteiger partial charge in [0.25, 0.3) is 0 Å². The summed E-state index contributed by atoms with van der Waals surface area (Å²) < 4.78 is 42.2. The van der Waals surface area contributed by atoms with Crippen molar-refractivity contribution < 1.29 is 17.2 Å². The van der Waals surface area contributed by atoms with Gasteiger partial charge in [0, 0.05) is 17.2 Å². The second-order valence-electron chi connectivity index (χ2n) is 6.17. The minimum absolute atomic E-state index is 0.282.